The largest absolute Gasteiger partial charge is 0.481 e. The summed E-state index contributed by atoms with van der Waals surface area (Å²) < 4.78 is 41.3. The van der Waals surface area contributed by atoms with E-state index in [1.807, 2.05) is 0 Å². The summed E-state index contributed by atoms with van der Waals surface area (Å²) in [4.78, 5) is 63.0. The lowest BCUT2D eigenvalue weighted by Gasteiger charge is -2.36. The molecule has 48 heavy (non-hydrogen) atoms. The van der Waals surface area contributed by atoms with Gasteiger partial charge in [0.15, 0.2) is 11.5 Å². The highest BCUT2D eigenvalue weighted by Crippen LogP contribution is 2.35. The number of benzene rings is 1. The molecule has 4 heterocycles. The summed E-state index contributed by atoms with van der Waals surface area (Å²) in [7, 11) is 0. The molecule has 0 radical (unpaired) electrons. The zero-order valence-electron chi connectivity index (χ0n) is 24.8. The first-order chi connectivity index (χ1) is 22.7. The molecule has 0 spiro atoms. The summed E-state index contributed by atoms with van der Waals surface area (Å²) in [6.45, 7) is 0.654. The molecule has 5 rings (SSSR count). The molecule has 0 saturated carbocycles. The topological polar surface area (TPSA) is 229 Å². The van der Waals surface area contributed by atoms with Crippen LogP contribution in [0.4, 0.5) is 24.5 Å². The zero-order valence-corrected chi connectivity index (χ0v) is 25.6. The number of carbonyl (C=O) groups is 4. The van der Waals surface area contributed by atoms with Gasteiger partial charge in [0.25, 0.3) is 11.8 Å². The number of amides is 3. The number of anilines is 2. The van der Waals surface area contributed by atoms with E-state index in [-0.39, 0.29) is 77.3 Å². The lowest BCUT2D eigenvalue weighted by Crippen LogP contribution is -2.54. The highest BCUT2D eigenvalue weighted by Gasteiger charge is 2.38. The lowest BCUT2D eigenvalue weighted by molar-refractivity contribution is -0.142. The minimum Gasteiger partial charge on any atom is -0.481 e. The number of nitrogen functional groups attached to an aromatic ring is 1. The summed E-state index contributed by atoms with van der Waals surface area (Å²) in [5.41, 5.74) is 11.1. The maximum atomic E-state index is 13.8. The van der Waals surface area contributed by atoms with Crippen LogP contribution >= 0.6 is 11.6 Å². The Hall–Kier alpha value is -5.49. The standard InChI is InChI=1S/C29H28ClF3N10O5/c30-19-10-15(2-3-17(19)27(47)42-5-7-43(8-6-42)28(48)20(35)11-22(44)45)39-26(46)25-37-13-16(38-25)9-18-23(21-4-1-14(34)12-36-21)40-41-24(18)29(31,32)33/h1-4,10,12-13,20H,5-9,11,34-35H2,(H,37,38)(H,39,46)(H,40,41)(H,44,45)/t20-/m1/s1. The predicted octanol–water partition coefficient (Wildman–Crippen LogP) is 2.38. The number of pyridine rings is 1. The number of aromatic amines is 2. The van der Waals surface area contributed by atoms with Gasteiger partial charge in [-0.25, -0.2) is 4.98 Å². The van der Waals surface area contributed by atoms with Crippen LogP contribution in [0.25, 0.3) is 11.4 Å². The number of carboxylic acids is 1. The molecule has 252 valence electrons. The number of alkyl halides is 3. The van der Waals surface area contributed by atoms with Crippen molar-refractivity contribution in [2.24, 2.45) is 5.73 Å². The molecular formula is C29H28ClF3N10O5. The Labute approximate surface area is 274 Å². The molecule has 15 nitrogen and oxygen atoms in total. The smallest absolute Gasteiger partial charge is 0.435 e. The molecule has 0 unspecified atom stereocenters. The van der Waals surface area contributed by atoms with Crippen LogP contribution < -0.4 is 16.8 Å². The summed E-state index contributed by atoms with van der Waals surface area (Å²) in [5.74, 6) is -3.04. The zero-order chi connectivity index (χ0) is 34.7. The van der Waals surface area contributed by atoms with Crippen LogP contribution in [-0.2, 0) is 22.2 Å². The first-order valence-corrected chi connectivity index (χ1v) is 14.7. The summed E-state index contributed by atoms with van der Waals surface area (Å²) in [6.07, 6.45) is -3.06. The fourth-order valence-corrected chi connectivity index (χ4v) is 5.32. The van der Waals surface area contributed by atoms with Gasteiger partial charge in [-0.1, -0.05) is 11.6 Å². The van der Waals surface area contributed by atoms with Crippen LogP contribution in [0.2, 0.25) is 5.02 Å². The van der Waals surface area contributed by atoms with Crippen LogP contribution in [-0.4, -0.2) is 96.0 Å². The highest BCUT2D eigenvalue weighted by atomic mass is 35.5. The Balaban J connectivity index is 1.23. The van der Waals surface area contributed by atoms with E-state index in [4.69, 9.17) is 28.2 Å². The molecule has 1 atom stereocenters. The molecule has 1 aliphatic rings. The van der Waals surface area contributed by atoms with Gasteiger partial charge < -0.3 is 36.7 Å². The van der Waals surface area contributed by atoms with Crippen molar-refractivity contribution in [3.8, 4) is 11.4 Å². The van der Waals surface area contributed by atoms with Crippen LogP contribution in [0.1, 0.15) is 44.3 Å². The average Bonchev–Trinajstić information content (AvgIpc) is 3.68. The number of rotatable bonds is 9. The van der Waals surface area contributed by atoms with Gasteiger partial charge in [-0.05, 0) is 30.3 Å². The SMILES string of the molecule is Nc1ccc(-c2[nH]nc(C(F)(F)F)c2Cc2cnc(C(=O)Nc3ccc(C(=O)N4CCN(C(=O)[C@H](N)CC(=O)O)CC4)c(Cl)c3)[nH]2)nc1. The molecule has 3 amide bonds. The van der Waals surface area contributed by atoms with E-state index in [2.05, 4.69) is 30.5 Å². The maximum absolute atomic E-state index is 13.8. The monoisotopic (exact) mass is 688 g/mol. The number of halogens is 4. The number of aliphatic carboxylic acids is 1. The van der Waals surface area contributed by atoms with Gasteiger partial charge in [0.2, 0.25) is 5.91 Å². The molecule has 19 heteroatoms. The third-order valence-corrected chi connectivity index (χ3v) is 7.75. The number of piperazine rings is 1. The molecule has 1 fully saturated rings. The summed E-state index contributed by atoms with van der Waals surface area (Å²) >= 11 is 6.38. The van der Waals surface area contributed by atoms with Gasteiger partial charge in [0.1, 0.15) is 0 Å². The molecule has 0 bridgehead atoms. The first kappa shape index (κ1) is 33.9. The second-order valence-corrected chi connectivity index (χ2v) is 11.2. The molecule has 8 N–H and O–H groups in total. The molecule has 1 aliphatic heterocycles. The molecule has 1 aromatic carbocycles. The number of aromatic nitrogens is 5. The van der Waals surface area contributed by atoms with Gasteiger partial charge in [-0.15, -0.1) is 0 Å². The number of H-pyrrole nitrogens is 2. The number of nitrogens with two attached hydrogens (primary N) is 2. The van der Waals surface area contributed by atoms with E-state index < -0.39 is 48.0 Å². The Bertz CT molecular complexity index is 1850. The number of nitrogens with one attached hydrogen (secondary N) is 3. The van der Waals surface area contributed by atoms with Crippen molar-refractivity contribution in [1.82, 2.24) is 34.9 Å². The fourth-order valence-electron chi connectivity index (χ4n) is 5.06. The summed E-state index contributed by atoms with van der Waals surface area (Å²) in [6, 6.07) is 5.97. The number of nitrogens with zero attached hydrogens (tertiary/aromatic N) is 5. The van der Waals surface area contributed by atoms with Crippen molar-refractivity contribution in [3.05, 3.63) is 76.1 Å². The van der Waals surface area contributed by atoms with Crippen molar-refractivity contribution in [2.45, 2.75) is 25.1 Å². The third kappa shape index (κ3) is 7.55. The van der Waals surface area contributed by atoms with E-state index in [1.54, 1.807) is 0 Å². The fraction of sp³-hybridized carbons (Fsp3) is 0.276. The minimum absolute atomic E-state index is 0.0301. The van der Waals surface area contributed by atoms with Crippen LogP contribution in [0.3, 0.4) is 0 Å². The lowest BCUT2D eigenvalue weighted by atomic mass is 10.0. The van der Waals surface area contributed by atoms with Gasteiger partial charge in [-0.3, -0.25) is 29.3 Å². The van der Waals surface area contributed by atoms with E-state index >= 15 is 0 Å². The third-order valence-electron chi connectivity index (χ3n) is 7.44. The average molecular weight is 689 g/mol. The van der Waals surface area contributed by atoms with Crippen molar-refractivity contribution in [2.75, 3.05) is 37.2 Å². The Morgan fingerprint density at radius 3 is 2.38 bits per heavy atom. The minimum atomic E-state index is -4.77. The second kappa shape index (κ2) is 13.7. The normalized spacial score (nSPS) is 14.1. The van der Waals surface area contributed by atoms with Crippen molar-refractivity contribution < 1.29 is 37.5 Å². The van der Waals surface area contributed by atoms with Gasteiger partial charge in [0, 0.05) is 55.7 Å². The molecular weight excluding hydrogens is 661 g/mol. The van der Waals surface area contributed by atoms with Gasteiger partial charge in [-0.2, -0.15) is 18.3 Å². The number of carboxylic acid groups (broad SMARTS) is 1. The van der Waals surface area contributed by atoms with E-state index in [1.165, 1.54) is 52.5 Å². The van der Waals surface area contributed by atoms with E-state index in [9.17, 15) is 32.3 Å². The Morgan fingerprint density at radius 2 is 1.75 bits per heavy atom. The first-order valence-electron chi connectivity index (χ1n) is 14.3. The van der Waals surface area contributed by atoms with Crippen molar-refractivity contribution in [3.63, 3.8) is 0 Å². The molecule has 1 saturated heterocycles. The van der Waals surface area contributed by atoms with Crippen LogP contribution in [0, 0.1) is 0 Å². The maximum Gasteiger partial charge on any atom is 0.435 e. The van der Waals surface area contributed by atoms with E-state index in [0.29, 0.717) is 5.69 Å². The number of carbonyl (C=O) groups excluding carboxylic acids is 3. The quantitative estimate of drug-likeness (QED) is 0.150. The van der Waals surface area contributed by atoms with Crippen molar-refractivity contribution >= 4 is 46.7 Å². The van der Waals surface area contributed by atoms with Crippen LogP contribution in [0.5, 0.6) is 0 Å². The van der Waals surface area contributed by atoms with Gasteiger partial charge in [0.05, 0.1) is 46.3 Å². The van der Waals surface area contributed by atoms with Crippen molar-refractivity contribution in [1.29, 1.82) is 0 Å². The molecule has 3 aromatic heterocycles. The Kier molecular flexibility index (Phi) is 9.67. The highest BCUT2D eigenvalue weighted by molar-refractivity contribution is 6.34. The predicted molar refractivity (Wildman–Crippen MR) is 165 cm³/mol. The molecule has 0 aliphatic carbocycles. The van der Waals surface area contributed by atoms with E-state index in [0.717, 1.165) is 0 Å². The number of hydrogen-bond acceptors (Lipinski definition) is 9. The summed E-state index contributed by atoms with van der Waals surface area (Å²) in [5, 5.41) is 17.3. The van der Waals surface area contributed by atoms with Crippen LogP contribution in [0.15, 0.2) is 42.7 Å². The number of hydrogen-bond donors (Lipinski definition) is 6. The second-order valence-electron chi connectivity index (χ2n) is 10.8. The number of imidazole rings is 1. The van der Waals surface area contributed by atoms with Gasteiger partial charge >= 0.3 is 12.1 Å². The molecule has 4 aromatic rings. The Morgan fingerprint density at radius 1 is 1.04 bits per heavy atom.